The number of hydrogen-bond acceptors (Lipinski definition) is 4. The third-order valence-corrected chi connectivity index (χ3v) is 4.95. The summed E-state index contributed by atoms with van der Waals surface area (Å²) in [6, 6.07) is 23.4. The van der Waals surface area contributed by atoms with E-state index in [0.717, 1.165) is 5.69 Å². The number of benzene rings is 3. The fraction of sp³-hybridized carbons (Fsp3) is 0.125. The van der Waals surface area contributed by atoms with Crippen LogP contribution < -0.4 is 10.6 Å². The first-order chi connectivity index (χ1) is 15.1. The van der Waals surface area contributed by atoms with E-state index < -0.39 is 0 Å². The van der Waals surface area contributed by atoms with Crippen LogP contribution in [0, 0.1) is 0 Å². The van der Waals surface area contributed by atoms with Gasteiger partial charge in [-0.3, -0.25) is 4.68 Å². The van der Waals surface area contributed by atoms with Crippen molar-refractivity contribution in [3.8, 4) is 0 Å². The van der Waals surface area contributed by atoms with Gasteiger partial charge in [0.1, 0.15) is 0 Å². The van der Waals surface area contributed by atoms with Crippen molar-refractivity contribution >= 4 is 45.6 Å². The Hall–Kier alpha value is -3.71. The average molecular weight is 431 g/mol. The van der Waals surface area contributed by atoms with Crippen LogP contribution in [0.25, 0.3) is 10.8 Å². The Morgan fingerprint density at radius 1 is 1.00 bits per heavy atom. The minimum Gasteiger partial charge on any atom is -0.462 e. The van der Waals surface area contributed by atoms with Crippen LogP contribution in [0.5, 0.6) is 0 Å². The third-order valence-electron chi connectivity index (χ3n) is 4.75. The number of nitrogens with zero attached hydrogens (tertiary/aromatic N) is 2. The van der Waals surface area contributed by atoms with E-state index in [1.165, 1.54) is 16.3 Å². The third kappa shape index (κ3) is 5.07. The molecule has 3 aromatic carbocycles. The van der Waals surface area contributed by atoms with Crippen molar-refractivity contribution in [2.24, 2.45) is 0 Å². The van der Waals surface area contributed by atoms with Gasteiger partial charge in [0.2, 0.25) is 0 Å². The van der Waals surface area contributed by atoms with E-state index >= 15 is 0 Å². The minimum absolute atomic E-state index is 0.341. The van der Waals surface area contributed by atoms with Gasteiger partial charge in [0.15, 0.2) is 10.9 Å². The molecule has 0 radical (unpaired) electrons. The Labute approximate surface area is 185 Å². The van der Waals surface area contributed by atoms with Crippen LogP contribution in [0.15, 0.2) is 79.0 Å². The quantitative estimate of drug-likeness (QED) is 0.329. The van der Waals surface area contributed by atoms with Gasteiger partial charge in [0.05, 0.1) is 18.7 Å². The van der Waals surface area contributed by atoms with E-state index in [0.29, 0.717) is 29.6 Å². The van der Waals surface area contributed by atoms with Crippen LogP contribution >= 0.6 is 12.2 Å². The first kappa shape index (κ1) is 20.6. The molecule has 0 bridgehead atoms. The highest BCUT2D eigenvalue weighted by molar-refractivity contribution is 7.80. The Bertz CT molecular complexity index is 1210. The zero-order valence-corrected chi connectivity index (χ0v) is 17.9. The van der Waals surface area contributed by atoms with Crippen molar-refractivity contribution in [1.82, 2.24) is 9.78 Å². The van der Waals surface area contributed by atoms with Gasteiger partial charge in [-0.2, -0.15) is 5.10 Å². The smallest absolute Gasteiger partial charge is 0.338 e. The van der Waals surface area contributed by atoms with Gasteiger partial charge in [-0.15, -0.1) is 0 Å². The summed E-state index contributed by atoms with van der Waals surface area (Å²) in [5.74, 6) is 0.312. The van der Waals surface area contributed by atoms with Gasteiger partial charge in [-0.25, -0.2) is 4.79 Å². The molecule has 0 saturated heterocycles. The largest absolute Gasteiger partial charge is 0.462 e. The minimum atomic E-state index is -0.341. The van der Waals surface area contributed by atoms with Gasteiger partial charge in [-0.05, 0) is 59.7 Å². The Balaban J connectivity index is 1.37. The molecule has 0 aliphatic heterocycles. The number of anilines is 2. The van der Waals surface area contributed by atoms with Gasteiger partial charge < -0.3 is 15.4 Å². The lowest BCUT2D eigenvalue weighted by molar-refractivity contribution is 0.0526. The van der Waals surface area contributed by atoms with Crippen LogP contribution in [0.3, 0.4) is 0 Å². The molecule has 4 aromatic rings. The fourth-order valence-corrected chi connectivity index (χ4v) is 3.53. The second kappa shape index (κ2) is 9.40. The van der Waals surface area contributed by atoms with Crippen molar-refractivity contribution in [3.05, 3.63) is 90.1 Å². The number of esters is 1. The number of ether oxygens (including phenoxy) is 1. The number of hydrogen-bond donors (Lipinski definition) is 2. The summed E-state index contributed by atoms with van der Waals surface area (Å²) in [6.45, 7) is 2.79. The lowest BCUT2D eigenvalue weighted by Crippen LogP contribution is -2.19. The maximum absolute atomic E-state index is 11.7. The molecule has 2 N–H and O–H groups in total. The van der Waals surface area contributed by atoms with Gasteiger partial charge in [0, 0.05) is 18.0 Å². The molecule has 1 aromatic heterocycles. The van der Waals surface area contributed by atoms with Crippen LogP contribution in [-0.4, -0.2) is 27.5 Å². The van der Waals surface area contributed by atoms with Crippen molar-refractivity contribution in [2.45, 2.75) is 13.5 Å². The second-order valence-electron chi connectivity index (χ2n) is 6.91. The summed E-state index contributed by atoms with van der Waals surface area (Å²) in [6.07, 6.45) is 1.92. The SMILES string of the molecule is CCOC(=O)c1ccc(NC(=S)Nc2ccn(Cc3cccc4ccccc34)n2)cc1. The summed E-state index contributed by atoms with van der Waals surface area (Å²) in [5, 5.41) is 13.6. The van der Waals surface area contributed by atoms with Gasteiger partial charge in [-0.1, -0.05) is 42.5 Å². The van der Waals surface area contributed by atoms with E-state index in [1.54, 1.807) is 31.2 Å². The van der Waals surface area contributed by atoms with Crippen molar-refractivity contribution in [1.29, 1.82) is 0 Å². The monoisotopic (exact) mass is 430 g/mol. The van der Waals surface area contributed by atoms with Crippen molar-refractivity contribution in [2.75, 3.05) is 17.2 Å². The molecular formula is C24H22N4O2S. The zero-order valence-electron chi connectivity index (χ0n) is 17.0. The normalized spacial score (nSPS) is 10.6. The lowest BCUT2D eigenvalue weighted by Gasteiger charge is -2.09. The van der Waals surface area contributed by atoms with Crippen LogP contribution in [0.1, 0.15) is 22.8 Å². The Morgan fingerprint density at radius 2 is 1.77 bits per heavy atom. The van der Waals surface area contributed by atoms with Crippen LogP contribution in [0.4, 0.5) is 11.5 Å². The molecule has 1 heterocycles. The van der Waals surface area contributed by atoms with Crippen molar-refractivity contribution in [3.63, 3.8) is 0 Å². The average Bonchev–Trinajstić information content (AvgIpc) is 3.21. The second-order valence-corrected chi connectivity index (χ2v) is 7.32. The summed E-state index contributed by atoms with van der Waals surface area (Å²) in [7, 11) is 0. The van der Waals surface area contributed by atoms with Crippen molar-refractivity contribution < 1.29 is 9.53 Å². The molecular weight excluding hydrogens is 408 g/mol. The van der Waals surface area contributed by atoms with E-state index in [-0.39, 0.29) is 5.97 Å². The molecule has 0 saturated carbocycles. The van der Waals surface area contributed by atoms with E-state index in [9.17, 15) is 4.79 Å². The predicted octanol–water partition coefficient (Wildman–Crippen LogP) is 5.07. The number of carbonyl (C=O) groups excluding carboxylic acids is 1. The molecule has 156 valence electrons. The number of aromatic nitrogens is 2. The molecule has 4 rings (SSSR count). The number of carbonyl (C=O) groups is 1. The lowest BCUT2D eigenvalue weighted by atomic mass is 10.0. The molecule has 0 amide bonds. The maximum atomic E-state index is 11.7. The Kier molecular flexibility index (Phi) is 6.24. The highest BCUT2D eigenvalue weighted by Gasteiger charge is 2.08. The first-order valence-corrected chi connectivity index (χ1v) is 10.4. The number of nitrogens with one attached hydrogen (secondary N) is 2. The number of fused-ring (bicyclic) bond motifs is 1. The van der Waals surface area contributed by atoms with Gasteiger partial charge >= 0.3 is 5.97 Å². The zero-order chi connectivity index (χ0) is 21.6. The van der Waals surface area contributed by atoms with Gasteiger partial charge in [0.25, 0.3) is 0 Å². The topological polar surface area (TPSA) is 68.2 Å². The molecule has 6 nitrogen and oxygen atoms in total. The van der Waals surface area contributed by atoms with E-state index in [2.05, 4.69) is 46.1 Å². The standard InChI is InChI=1S/C24H22N4O2S/c1-2-30-23(29)18-10-12-20(13-11-18)25-24(31)26-22-14-15-28(27-22)16-19-8-5-7-17-6-3-4-9-21(17)19/h3-15H,2,16H2,1H3,(H2,25,26,27,31). The molecule has 31 heavy (non-hydrogen) atoms. The van der Waals surface area contributed by atoms with E-state index in [1.807, 2.05) is 29.1 Å². The first-order valence-electron chi connectivity index (χ1n) is 9.97. The van der Waals surface area contributed by atoms with E-state index in [4.69, 9.17) is 17.0 Å². The fourth-order valence-electron chi connectivity index (χ4n) is 3.30. The van der Waals surface area contributed by atoms with Crippen LogP contribution in [-0.2, 0) is 11.3 Å². The summed E-state index contributed by atoms with van der Waals surface area (Å²) >= 11 is 5.38. The molecule has 0 unspecified atom stereocenters. The predicted molar refractivity (Wildman–Crippen MR) is 128 cm³/mol. The highest BCUT2D eigenvalue weighted by atomic mass is 32.1. The molecule has 0 fully saturated rings. The highest BCUT2D eigenvalue weighted by Crippen LogP contribution is 2.19. The summed E-state index contributed by atoms with van der Waals surface area (Å²) in [4.78, 5) is 11.7. The molecule has 0 aliphatic rings. The Morgan fingerprint density at radius 3 is 2.58 bits per heavy atom. The maximum Gasteiger partial charge on any atom is 0.338 e. The molecule has 0 aliphatic carbocycles. The molecule has 0 atom stereocenters. The number of rotatable bonds is 6. The molecule has 7 heteroatoms. The molecule has 0 spiro atoms. The number of thiocarbonyl (C=S) groups is 1. The van der Waals surface area contributed by atoms with Crippen LogP contribution in [0.2, 0.25) is 0 Å². The summed E-state index contributed by atoms with van der Waals surface area (Å²) < 4.78 is 6.86. The summed E-state index contributed by atoms with van der Waals surface area (Å²) in [5.41, 5.74) is 2.47.